The molecule has 0 aliphatic heterocycles. The van der Waals surface area contributed by atoms with Gasteiger partial charge in [-0.3, -0.25) is 5.10 Å². The van der Waals surface area contributed by atoms with Crippen LogP contribution in [0.25, 0.3) is 11.5 Å². The lowest BCUT2D eigenvalue weighted by molar-refractivity contribution is 0.199. The predicted molar refractivity (Wildman–Crippen MR) is 64.6 cm³/mol. The van der Waals surface area contributed by atoms with Crippen LogP contribution in [0.1, 0.15) is 11.3 Å². The van der Waals surface area contributed by atoms with Gasteiger partial charge in [0.15, 0.2) is 5.76 Å². The first-order valence-corrected chi connectivity index (χ1v) is 5.60. The fraction of sp³-hybridized carbons (Fsp3) is 0.417. The molecule has 5 nitrogen and oxygen atoms in total. The van der Waals surface area contributed by atoms with Crippen molar-refractivity contribution < 1.29 is 9.15 Å². The van der Waals surface area contributed by atoms with Gasteiger partial charge in [0, 0.05) is 25.8 Å². The summed E-state index contributed by atoms with van der Waals surface area (Å²) in [6.45, 7) is 4.19. The minimum atomic E-state index is 0.701. The van der Waals surface area contributed by atoms with Gasteiger partial charge in [-0.15, -0.1) is 0 Å². The Kier molecular flexibility index (Phi) is 3.95. The van der Waals surface area contributed by atoms with Crippen molar-refractivity contribution in [3.8, 4) is 11.5 Å². The van der Waals surface area contributed by atoms with Crippen molar-refractivity contribution >= 4 is 0 Å². The Hall–Kier alpha value is -1.59. The number of rotatable bonds is 6. The number of aromatic nitrogens is 2. The second-order valence-electron chi connectivity index (χ2n) is 3.85. The Labute approximate surface area is 100 Å². The van der Waals surface area contributed by atoms with Crippen molar-refractivity contribution in [1.29, 1.82) is 0 Å². The smallest absolute Gasteiger partial charge is 0.152 e. The molecule has 0 saturated carbocycles. The van der Waals surface area contributed by atoms with E-state index in [-0.39, 0.29) is 0 Å². The molecule has 2 aromatic heterocycles. The molecule has 0 fully saturated rings. The zero-order valence-electron chi connectivity index (χ0n) is 10.1. The van der Waals surface area contributed by atoms with E-state index in [1.165, 1.54) is 0 Å². The molecule has 2 aromatic rings. The topological polar surface area (TPSA) is 63.1 Å². The molecule has 0 aliphatic rings. The van der Waals surface area contributed by atoms with Gasteiger partial charge in [-0.05, 0) is 19.1 Å². The monoisotopic (exact) mass is 235 g/mol. The van der Waals surface area contributed by atoms with E-state index in [0.717, 1.165) is 35.9 Å². The summed E-state index contributed by atoms with van der Waals surface area (Å²) in [6, 6.07) is 3.89. The second-order valence-corrected chi connectivity index (χ2v) is 3.85. The van der Waals surface area contributed by atoms with E-state index in [1.807, 2.05) is 25.3 Å². The van der Waals surface area contributed by atoms with Gasteiger partial charge >= 0.3 is 0 Å². The molecule has 2 N–H and O–H groups in total. The maximum absolute atomic E-state index is 5.57. The third-order valence-electron chi connectivity index (χ3n) is 2.50. The van der Waals surface area contributed by atoms with Gasteiger partial charge in [0.25, 0.3) is 0 Å². The van der Waals surface area contributed by atoms with Crippen LogP contribution in [-0.2, 0) is 11.3 Å². The van der Waals surface area contributed by atoms with E-state index in [1.54, 1.807) is 7.11 Å². The highest BCUT2D eigenvalue weighted by molar-refractivity contribution is 5.56. The van der Waals surface area contributed by atoms with Gasteiger partial charge in [0.1, 0.15) is 11.5 Å². The first-order chi connectivity index (χ1) is 8.31. The molecule has 0 atom stereocenters. The number of hydrogen-bond donors (Lipinski definition) is 2. The van der Waals surface area contributed by atoms with Crippen molar-refractivity contribution in [2.45, 2.75) is 13.5 Å². The van der Waals surface area contributed by atoms with E-state index in [9.17, 15) is 0 Å². The first kappa shape index (κ1) is 11.9. The highest BCUT2D eigenvalue weighted by atomic mass is 16.5. The highest BCUT2D eigenvalue weighted by Crippen LogP contribution is 2.22. The standard InChI is InChI=1S/C12H17N3O2/c1-9-3-4-11(17-9)12-10(8-14-15-12)7-13-5-6-16-2/h3-4,8,13H,5-7H2,1-2H3,(H,14,15). The maximum Gasteiger partial charge on any atom is 0.152 e. The van der Waals surface area contributed by atoms with Crippen molar-refractivity contribution in [1.82, 2.24) is 15.5 Å². The van der Waals surface area contributed by atoms with Crippen molar-refractivity contribution in [3.05, 3.63) is 29.7 Å². The van der Waals surface area contributed by atoms with Gasteiger partial charge in [0.2, 0.25) is 0 Å². The molecule has 92 valence electrons. The molecular weight excluding hydrogens is 218 g/mol. The number of nitrogens with zero attached hydrogens (tertiary/aromatic N) is 1. The van der Waals surface area contributed by atoms with Crippen LogP contribution >= 0.6 is 0 Å². The SMILES string of the molecule is COCCNCc1cn[nH]c1-c1ccc(C)o1. The van der Waals surface area contributed by atoms with Crippen LogP contribution < -0.4 is 5.32 Å². The Morgan fingerprint density at radius 2 is 2.35 bits per heavy atom. The molecule has 0 amide bonds. The van der Waals surface area contributed by atoms with Gasteiger partial charge in [-0.2, -0.15) is 5.10 Å². The number of methoxy groups -OCH3 is 1. The molecule has 0 bridgehead atoms. The van der Waals surface area contributed by atoms with Crippen LogP contribution in [0.3, 0.4) is 0 Å². The molecule has 17 heavy (non-hydrogen) atoms. The largest absolute Gasteiger partial charge is 0.460 e. The molecule has 0 aromatic carbocycles. The Balaban J connectivity index is 2.02. The normalized spacial score (nSPS) is 10.9. The van der Waals surface area contributed by atoms with E-state index in [2.05, 4.69) is 15.5 Å². The van der Waals surface area contributed by atoms with Gasteiger partial charge < -0.3 is 14.5 Å². The molecule has 2 heterocycles. The number of furan rings is 1. The van der Waals surface area contributed by atoms with Gasteiger partial charge in [-0.25, -0.2) is 0 Å². The summed E-state index contributed by atoms with van der Waals surface area (Å²) in [5.41, 5.74) is 2.03. The molecule has 0 aliphatic carbocycles. The summed E-state index contributed by atoms with van der Waals surface area (Å²) in [5, 5.41) is 10.3. The van der Waals surface area contributed by atoms with Crippen LogP contribution in [0.4, 0.5) is 0 Å². The number of ether oxygens (including phenoxy) is 1. The van der Waals surface area contributed by atoms with Crippen LogP contribution in [0.2, 0.25) is 0 Å². The third-order valence-corrected chi connectivity index (χ3v) is 2.50. The van der Waals surface area contributed by atoms with E-state index in [0.29, 0.717) is 6.61 Å². The molecule has 0 saturated heterocycles. The lowest BCUT2D eigenvalue weighted by atomic mass is 10.2. The average molecular weight is 235 g/mol. The lowest BCUT2D eigenvalue weighted by Crippen LogP contribution is -2.18. The Morgan fingerprint density at radius 3 is 3.06 bits per heavy atom. The number of nitrogens with one attached hydrogen (secondary N) is 2. The zero-order chi connectivity index (χ0) is 12.1. The molecule has 0 unspecified atom stereocenters. The fourth-order valence-electron chi connectivity index (χ4n) is 1.62. The summed E-state index contributed by atoms with van der Waals surface area (Å²) in [5.74, 6) is 1.72. The summed E-state index contributed by atoms with van der Waals surface area (Å²) in [4.78, 5) is 0. The third kappa shape index (κ3) is 2.95. The van der Waals surface area contributed by atoms with Crippen LogP contribution in [-0.4, -0.2) is 30.5 Å². The molecule has 5 heteroatoms. The minimum absolute atomic E-state index is 0.701. The number of H-pyrrole nitrogens is 1. The summed E-state index contributed by atoms with van der Waals surface area (Å²) >= 11 is 0. The molecule has 0 spiro atoms. The molecular formula is C12H17N3O2. The lowest BCUT2D eigenvalue weighted by Gasteiger charge is -2.03. The van der Waals surface area contributed by atoms with E-state index in [4.69, 9.17) is 9.15 Å². The van der Waals surface area contributed by atoms with E-state index < -0.39 is 0 Å². The number of hydrogen-bond acceptors (Lipinski definition) is 4. The number of aromatic amines is 1. The summed E-state index contributed by atoms with van der Waals surface area (Å²) in [7, 11) is 1.69. The van der Waals surface area contributed by atoms with E-state index >= 15 is 0 Å². The van der Waals surface area contributed by atoms with Gasteiger partial charge in [0.05, 0.1) is 12.8 Å². The summed E-state index contributed by atoms with van der Waals surface area (Å²) < 4.78 is 10.5. The Morgan fingerprint density at radius 1 is 1.47 bits per heavy atom. The van der Waals surface area contributed by atoms with Gasteiger partial charge in [-0.1, -0.05) is 0 Å². The van der Waals surface area contributed by atoms with Crippen LogP contribution in [0.5, 0.6) is 0 Å². The quantitative estimate of drug-likeness (QED) is 0.748. The van der Waals surface area contributed by atoms with Crippen molar-refractivity contribution in [2.24, 2.45) is 0 Å². The zero-order valence-corrected chi connectivity index (χ0v) is 10.1. The number of aryl methyl sites for hydroxylation is 1. The highest BCUT2D eigenvalue weighted by Gasteiger charge is 2.10. The Bertz CT molecular complexity index is 462. The van der Waals surface area contributed by atoms with Crippen molar-refractivity contribution in [3.63, 3.8) is 0 Å². The fourth-order valence-corrected chi connectivity index (χ4v) is 1.62. The maximum atomic E-state index is 5.57. The predicted octanol–water partition coefficient (Wildman–Crippen LogP) is 1.71. The van der Waals surface area contributed by atoms with Crippen LogP contribution in [0, 0.1) is 6.92 Å². The molecule has 0 radical (unpaired) electrons. The second kappa shape index (κ2) is 5.65. The average Bonchev–Trinajstić information content (AvgIpc) is 2.93. The first-order valence-electron chi connectivity index (χ1n) is 5.60. The molecule has 2 rings (SSSR count). The van der Waals surface area contributed by atoms with Crippen molar-refractivity contribution in [2.75, 3.05) is 20.3 Å². The minimum Gasteiger partial charge on any atom is -0.460 e. The summed E-state index contributed by atoms with van der Waals surface area (Å²) in [6.07, 6.45) is 1.81. The van der Waals surface area contributed by atoms with Crippen LogP contribution in [0.15, 0.2) is 22.7 Å².